The zero-order valence-electron chi connectivity index (χ0n) is 18.7. The van der Waals surface area contributed by atoms with E-state index in [1.54, 1.807) is 9.58 Å². The number of hydrogen-bond acceptors (Lipinski definition) is 5. The highest BCUT2D eigenvalue weighted by atomic mass is 16.5. The van der Waals surface area contributed by atoms with Crippen molar-refractivity contribution in [1.29, 1.82) is 0 Å². The maximum Gasteiger partial charge on any atom is 0.312 e. The molecular formula is C25H27N5O3. The lowest BCUT2D eigenvalue weighted by atomic mass is 10.0. The quantitative estimate of drug-likeness (QED) is 0.622. The van der Waals surface area contributed by atoms with E-state index in [9.17, 15) is 9.59 Å². The highest BCUT2D eigenvalue weighted by Gasteiger charge is 2.26. The van der Waals surface area contributed by atoms with Crippen LogP contribution in [-0.2, 0) is 29.6 Å². The third kappa shape index (κ3) is 4.55. The highest BCUT2D eigenvalue weighted by Crippen LogP contribution is 2.30. The van der Waals surface area contributed by atoms with Crippen molar-refractivity contribution in [3.05, 3.63) is 66.0 Å². The van der Waals surface area contributed by atoms with Crippen LogP contribution in [0.2, 0.25) is 0 Å². The Morgan fingerprint density at radius 2 is 1.79 bits per heavy atom. The summed E-state index contributed by atoms with van der Waals surface area (Å²) in [7, 11) is 1.88. The van der Waals surface area contributed by atoms with Crippen LogP contribution < -0.4 is 15.0 Å². The first-order chi connectivity index (χ1) is 16.1. The first kappa shape index (κ1) is 21.1. The fraction of sp³-hybridized carbons (Fsp3) is 0.320. The summed E-state index contributed by atoms with van der Waals surface area (Å²) in [6.45, 7) is 3.46. The van der Waals surface area contributed by atoms with Crippen molar-refractivity contribution in [2.75, 3.05) is 37.7 Å². The number of carbonyl (C=O) groups excluding carboxylic acids is 2. The van der Waals surface area contributed by atoms with Crippen molar-refractivity contribution in [3.63, 3.8) is 0 Å². The zero-order valence-corrected chi connectivity index (χ0v) is 18.7. The van der Waals surface area contributed by atoms with Crippen molar-refractivity contribution < 1.29 is 14.3 Å². The normalized spacial score (nSPS) is 15.2. The number of hydrogen-bond donors (Lipinski definition) is 1. The predicted octanol–water partition coefficient (Wildman–Crippen LogP) is 1.99. The van der Waals surface area contributed by atoms with Gasteiger partial charge in [-0.1, -0.05) is 30.3 Å². The van der Waals surface area contributed by atoms with Gasteiger partial charge in [-0.3, -0.25) is 14.3 Å². The van der Waals surface area contributed by atoms with Crippen LogP contribution in [0, 0.1) is 0 Å². The van der Waals surface area contributed by atoms with E-state index in [1.165, 1.54) is 5.56 Å². The second kappa shape index (κ2) is 8.97. The minimum absolute atomic E-state index is 0.318. The van der Waals surface area contributed by atoms with Gasteiger partial charge in [-0.2, -0.15) is 5.10 Å². The molecule has 0 spiro atoms. The molecule has 0 saturated carbocycles. The summed E-state index contributed by atoms with van der Waals surface area (Å²) < 4.78 is 7.33. The predicted molar refractivity (Wildman–Crippen MR) is 125 cm³/mol. The number of nitrogens with one attached hydrogen (secondary N) is 1. The molecule has 33 heavy (non-hydrogen) atoms. The SMILES string of the molecule is Cn1cc(N2CCN(C(=O)C(=O)NCc3ccc(-c4ccc5c(c4)CCO5)cc3)CC2)cn1. The molecule has 0 aliphatic carbocycles. The topological polar surface area (TPSA) is 79.7 Å². The molecule has 5 rings (SSSR count). The van der Waals surface area contributed by atoms with E-state index in [-0.39, 0.29) is 0 Å². The lowest BCUT2D eigenvalue weighted by molar-refractivity contribution is -0.146. The second-order valence-corrected chi connectivity index (χ2v) is 8.45. The van der Waals surface area contributed by atoms with Crippen LogP contribution in [0.15, 0.2) is 54.9 Å². The molecule has 3 aromatic rings. The van der Waals surface area contributed by atoms with Crippen LogP contribution in [0.3, 0.4) is 0 Å². The minimum Gasteiger partial charge on any atom is -0.493 e. The van der Waals surface area contributed by atoms with Gasteiger partial charge < -0.3 is 19.9 Å². The Labute approximate surface area is 192 Å². The van der Waals surface area contributed by atoms with E-state index >= 15 is 0 Å². The van der Waals surface area contributed by atoms with E-state index in [4.69, 9.17) is 4.74 Å². The molecule has 0 unspecified atom stereocenters. The molecule has 0 bridgehead atoms. The van der Waals surface area contributed by atoms with Crippen LogP contribution >= 0.6 is 0 Å². The number of nitrogens with zero attached hydrogens (tertiary/aromatic N) is 4. The molecule has 2 amide bonds. The summed E-state index contributed by atoms with van der Waals surface area (Å²) in [4.78, 5) is 28.8. The van der Waals surface area contributed by atoms with E-state index in [1.807, 2.05) is 49.8 Å². The maximum atomic E-state index is 12.6. The van der Waals surface area contributed by atoms with E-state index in [2.05, 4.69) is 27.4 Å². The molecule has 170 valence electrons. The fourth-order valence-corrected chi connectivity index (χ4v) is 4.32. The molecule has 1 fully saturated rings. The van der Waals surface area contributed by atoms with E-state index in [0.717, 1.165) is 41.2 Å². The number of benzene rings is 2. The van der Waals surface area contributed by atoms with Gasteiger partial charge in [0, 0.05) is 52.4 Å². The Kier molecular flexibility index (Phi) is 5.73. The number of ether oxygens (including phenoxy) is 1. The number of aryl methyl sites for hydroxylation is 1. The number of piperazine rings is 1. The number of rotatable bonds is 4. The molecule has 2 aliphatic heterocycles. The molecule has 8 heteroatoms. The Bertz CT molecular complexity index is 1160. The first-order valence-electron chi connectivity index (χ1n) is 11.2. The fourth-order valence-electron chi connectivity index (χ4n) is 4.32. The summed E-state index contributed by atoms with van der Waals surface area (Å²) in [6.07, 6.45) is 4.71. The van der Waals surface area contributed by atoms with Crippen molar-refractivity contribution >= 4 is 17.5 Å². The summed E-state index contributed by atoms with van der Waals surface area (Å²) in [6, 6.07) is 14.3. The Hall–Kier alpha value is -3.81. The smallest absolute Gasteiger partial charge is 0.312 e. The number of carbonyl (C=O) groups is 2. The molecule has 0 atom stereocenters. The lowest BCUT2D eigenvalue weighted by Gasteiger charge is -2.34. The van der Waals surface area contributed by atoms with Crippen LogP contribution in [0.25, 0.3) is 11.1 Å². The van der Waals surface area contributed by atoms with Crippen LogP contribution in [0.5, 0.6) is 5.75 Å². The minimum atomic E-state index is -0.562. The van der Waals surface area contributed by atoms with Gasteiger partial charge in [0.1, 0.15) is 5.75 Å². The van der Waals surface area contributed by atoms with Gasteiger partial charge >= 0.3 is 11.8 Å². The molecule has 1 saturated heterocycles. The van der Waals surface area contributed by atoms with Gasteiger partial charge in [0.2, 0.25) is 0 Å². The van der Waals surface area contributed by atoms with E-state index < -0.39 is 11.8 Å². The number of aromatic nitrogens is 2. The largest absolute Gasteiger partial charge is 0.493 e. The van der Waals surface area contributed by atoms with Crippen LogP contribution in [0.1, 0.15) is 11.1 Å². The van der Waals surface area contributed by atoms with Crippen LogP contribution in [0.4, 0.5) is 5.69 Å². The summed E-state index contributed by atoms with van der Waals surface area (Å²) in [5.41, 5.74) is 5.48. The lowest BCUT2D eigenvalue weighted by Crippen LogP contribution is -2.52. The number of anilines is 1. The molecule has 8 nitrogen and oxygen atoms in total. The second-order valence-electron chi connectivity index (χ2n) is 8.45. The molecular weight excluding hydrogens is 418 g/mol. The highest BCUT2D eigenvalue weighted by molar-refractivity contribution is 6.35. The average Bonchev–Trinajstić information content (AvgIpc) is 3.51. The number of amides is 2. The van der Waals surface area contributed by atoms with Gasteiger partial charge in [0.05, 0.1) is 18.5 Å². The van der Waals surface area contributed by atoms with Gasteiger partial charge in [0.15, 0.2) is 0 Å². The van der Waals surface area contributed by atoms with Gasteiger partial charge in [0.25, 0.3) is 0 Å². The third-order valence-electron chi connectivity index (χ3n) is 6.25. The van der Waals surface area contributed by atoms with E-state index in [0.29, 0.717) is 32.7 Å². The van der Waals surface area contributed by atoms with Crippen LogP contribution in [-0.4, -0.2) is 59.3 Å². The summed E-state index contributed by atoms with van der Waals surface area (Å²) >= 11 is 0. The standard InChI is InChI=1S/C25H27N5O3/c1-28-17-22(16-27-28)29-9-11-30(12-10-29)25(32)24(31)26-15-18-2-4-19(5-3-18)20-6-7-23-21(14-20)8-13-33-23/h2-7,14,16-17H,8-13,15H2,1H3,(H,26,31). The Morgan fingerprint density at radius 1 is 1.03 bits per heavy atom. The molecule has 3 heterocycles. The van der Waals surface area contributed by atoms with Crippen molar-refractivity contribution in [2.45, 2.75) is 13.0 Å². The molecule has 0 radical (unpaired) electrons. The monoisotopic (exact) mass is 445 g/mol. The average molecular weight is 446 g/mol. The molecule has 1 aromatic heterocycles. The Morgan fingerprint density at radius 3 is 2.52 bits per heavy atom. The van der Waals surface area contributed by atoms with Crippen molar-refractivity contribution in [3.8, 4) is 16.9 Å². The molecule has 2 aromatic carbocycles. The summed E-state index contributed by atoms with van der Waals surface area (Å²) in [5, 5.41) is 6.95. The Balaban J connectivity index is 1.12. The van der Waals surface area contributed by atoms with Gasteiger partial charge in [-0.25, -0.2) is 0 Å². The maximum absolute atomic E-state index is 12.6. The van der Waals surface area contributed by atoms with Gasteiger partial charge in [-0.05, 0) is 34.4 Å². The molecule has 2 aliphatic rings. The number of fused-ring (bicyclic) bond motifs is 1. The van der Waals surface area contributed by atoms with Crippen molar-refractivity contribution in [1.82, 2.24) is 20.0 Å². The van der Waals surface area contributed by atoms with Gasteiger partial charge in [-0.15, -0.1) is 0 Å². The van der Waals surface area contributed by atoms with Crippen molar-refractivity contribution in [2.24, 2.45) is 7.05 Å². The first-order valence-corrected chi connectivity index (χ1v) is 11.2. The molecule has 1 N–H and O–H groups in total. The summed E-state index contributed by atoms with van der Waals surface area (Å²) in [5.74, 6) is -0.0634. The zero-order chi connectivity index (χ0) is 22.8. The third-order valence-corrected chi connectivity index (χ3v) is 6.25.